The van der Waals surface area contributed by atoms with E-state index in [9.17, 15) is 14.9 Å². The summed E-state index contributed by atoms with van der Waals surface area (Å²) in [5.41, 5.74) is 0.672. The first-order valence-electron chi connectivity index (χ1n) is 5.89. The summed E-state index contributed by atoms with van der Waals surface area (Å²) in [5, 5.41) is 10.6. The highest BCUT2D eigenvalue weighted by molar-refractivity contribution is 7.97. The van der Waals surface area contributed by atoms with E-state index in [1.807, 2.05) is 6.07 Å². The summed E-state index contributed by atoms with van der Waals surface area (Å²) in [4.78, 5) is 22.7. The summed E-state index contributed by atoms with van der Waals surface area (Å²) >= 11 is 1.20. The molecule has 0 aliphatic rings. The molecule has 0 amide bonds. The van der Waals surface area contributed by atoms with Gasteiger partial charge in [-0.25, -0.2) is 0 Å². The molecule has 0 heterocycles. The van der Waals surface area contributed by atoms with Crippen LogP contribution >= 0.6 is 11.9 Å². The number of nitro groups is 1. The zero-order chi connectivity index (χ0) is 14.4. The predicted octanol–water partition coefficient (Wildman–Crippen LogP) is 3.07. The number of carbonyl (C=O) groups excluding carboxylic acids is 1. The standard InChI is InChI=1S/C14H12N2O3S/c17-14(11-5-2-1-3-6-11)10-15-20-13-8-4-7-12(9-13)16(18)19/h1-9,15H,10H2. The van der Waals surface area contributed by atoms with E-state index in [4.69, 9.17) is 0 Å². The van der Waals surface area contributed by atoms with E-state index in [0.29, 0.717) is 10.5 Å². The second kappa shape index (κ2) is 6.83. The fourth-order valence-corrected chi connectivity index (χ4v) is 2.27. The second-order valence-electron chi connectivity index (χ2n) is 3.97. The van der Waals surface area contributed by atoms with Gasteiger partial charge in [-0.1, -0.05) is 36.4 Å². The van der Waals surface area contributed by atoms with Crippen LogP contribution in [0.25, 0.3) is 0 Å². The van der Waals surface area contributed by atoms with Gasteiger partial charge in [0, 0.05) is 22.6 Å². The quantitative estimate of drug-likeness (QED) is 0.383. The van der Waals surface area contributed by atoms with E-state index in [0.717, 1.165) is 0 Å². The lowest BCUT2D eigenvalue weighted by molar-refractivity contribution is -0.385. The molecule has 0 aliphatic carbocycles. The topological polar surface area (TPSA) is 72.2 Å². The van der Waals surface area contributed by atoms with Crippen molar-refractivity contribution in [2.24, 2.45) is 0 Å². The van der Waals surface area contributed by atoms with Gasteiger partial charge in [-0.05, 0) is 18.0 Å². The number of nitrogens with one attached hydrogen (secondary N) is 1. The number of Topliss-reactive ketones (excluding diaryl/α,β-unsaturated/α-hetero) is 1. The third-order valence-electron chi connectivity index (χ3n) is 2.55. The first-order valence-corrected chi connectivity index (χ1v) is 6.71. The number of nitro benzene ring substituents is 1. The third kappa shape index (κ3) is 3.91. The summed E-state index contributed by atoms with van der Waals surface area (Å²) < 4.78 is 2.91. The zero-order valence-electron chi connectivity index (χ0n) is 10.5. The maximum Gasteiger partial charge on any atom is 0.270 e. The minimum absolute atomic E-state index is 0.0245. The molecule has 2 aromatic carbocycles. The fraction of sp³-hybridized carbons (Fsp3) is 0.0714. The zero-order valence-corrected chi connectivity index (χ0v) is 11.3. The molecule has 5 nitrogen and oxygen atoms in total. The summed E-state index contributed by atoms with van der Waals surface area (Å²) in [6.07, 6.45) is 0. The lowest BCUT2D eigenvalue weighted by Crippen LogP contribution is -2.16. The van der Waals surface area contributed by atoms with Gasteiger partial charge in [-0.3, -0.25) is 19.6 Å². The maximum atomic E-state index is 11.8. The largest absolute Gasteiger partial charge is 0.293 e. The van der Waals surface area contributed by atoms with E-state index in [1.54, 1.807) is 36.4 Å². The highest BCUT2D eigenvalue weighted by atomic mass is 32.2. The molecule has 0 bridgehead atoms. The average molecular weight is 288 g/mol. The van der Waals surface area contributed by atoms with Crippen LogP contribution in [-0.4, -0.2) is 17.3 Å². The minimum atomic E-state index is -0.445. The number of nitrogens with zero attached hydrogens (tertiary/aromatic N) is 1. The summed E-state index contributed by atoms with van der Waals surface area (Å²) in [7, 11) is 0. The van der Waals surface area contributed by atoms with Crippen molar-refractivity contribution in [2.45, 2.75) is 4.90 Å². The Morgan fingerprint density at radius 1 is 1.15 bits per heavy atom. The highest BCUT2D eigenvalue weighted by Crippen LogP contribution is 2.20. The molecular formula is C14H12N2O3S. The van der Waals surface area contributed by atoms with Crippen LogP contribution in [0.15, 0.2) is 59.5 Å². The third-order valence-corrected chi connectivity index (χ3v) is 3.33. The molecule has 2 rings (SSSR count). The number of hydrogen-bond acceptors (Lipinski definition) is 5. The molecule has 0 unspecified atom stereocenters. The maximum absolute atomic E-state index is 11.8. The first kappa shape index (κ1) is 14.2. The molecule has 20 heavy (non-hydrogen) atoms. The summed E-state index contributed by atoms with van der Waals surface area (Å²) in [6.45, 7) is 0.164. The van der Waals surface area contributed by atoms with Crippen LogP contribution in [0.4, 0.5) is 5.69 Å². The molecule has 102 valence electrons. The smallest absolute Gasteiger partial charge is 0.270 e. The number of rotatable bonds is 6. The van der Waals surface area contributed by atoms with Gasteiger partial charge in [-0.2, -0.15) is 0 Å². The Hall–Kier alpha value is -2.18. The van der Waals surface area contributed by atoms with Crippen molar-refractivity contribution in [3.8, 4) is 0 Å². The highest BCUT2D eigenvalue weighted by Gasteiger charge is 2.07. The lowest BCUT2D eigenvalue weighted by Gasteiger charge is -2.03. The van der Waals surface area contributed by atoms with Gasteiger partial charge in [0.15, 0.2) is 5.78 Å². The van der Waals surface area contributed by atoms with Crippen LogP contribution in [-0.2, 0) is 0 Å². The summed E-state index contributed by atoms with van der Waals surface area (Å²) in [5.74, 6) is -0.0245. The molecule has 0 radical (unpaired) electrons. The SMILES string of the molecule is O=C(CNSc1cccc([N+](=O)[O-])c1)c1ccccc1. The Kier molecular flexibility index (Phi) is 4.86. The molecule has 1 N–H and O–H groups in total. The Morgan fingerprint density at radius 3 is 2.60 bits per heavy atom. The Morgan fingerprint density at radius 2 is 1.90 bits per heavy atom. The molecule has 0 atom stereocenters. The van der Waals surface area contributed by atoms with Gasteiger partial charge in [0.25, 0.3) is 5.69 Å². The monoisotopic (exact) mass is 288 g/mol. The minimum Gasteiger partial charge on any atom is -0.293 e. The first-order chi connectivity index (χ1) is 9.66. The molecule has 2 aromatic rings. The van der Waals surface area contributed by atoms with Gasteiger partial charge in [0.2, 0.25) is 0 Å². The van der Waals surface area contributed by atoms with E-state index >= 15 is 0 Å². The van der Waals surface area contributed by atoms with Crippen molar-refractivity contribution >= 4 is 23.4 Å². The van der Waals surface area contributed by atoms with E-state index in [2.05, 4.69) is 4.72 Å². The van der Waals surface area contributed by atoms with Gasteiger partial charge >= 0.3 is 0 Å². The molecule has 0 aromatic heterocycles. The van der Waals surface area contributed by atoms with E-state index < -0.39 is 4.92 Å². The number of carbonyl (C=O) groups is 1. The molecular weight excluding hydrogens is 276 g/mol. The fourth-order valence-electron chi connectivity index (χ4n) is 1.57. The number of ketones is 1. The normalized spacial score (nSPS) is 10.2. The second-order valence-corrected chi connectivity index (χ2v) is 4.93. The van der Waals surface area contributed by atoms with Crippen molar-refractivity contribution in [3.05, 3.63) is 70.3 Å². The molecule has 6 heteroatoms. The van der Waals surface area contributed by atoms with E-state index in [1.165, 1.54) is 24.1 Å². The van der Waals surface area contributed by atoms with Crippen molar-refractivity contribution in [1.82, 2.24) is 4.72 Å². The van der Waals surface area contributed by atoms with Crippen LogP contribution in [0.5, 0.6) is 0 Å². The van der Waals surface area contributed by atoms with Crippen molar-refractivity contribution in [2.75, 3.05) is 6.54 Å². The van der Waals surface area contributed by atoms with Gasteiger partial charge in [0.1, 0.15) is 0 Å². The van der Waals surface area contributed by atoms with Crippen LogP contribution in [0.2, 0.25) is 0 Å². The van der Waals surface area contributed by atoms with Crippen LogP contribution in [0.1, 0.15) is 10.4 Å². The van der Waals surface area contributed by atoms with Crippen LogP contribution in [0, 0.1) is 10.1 Å². The molecule has 0 aliphatic heterocycles. The van der Waals surface area contributed by atoms with E-state index in [-0.39, 0.29) is 18.0 Å². The van der Waals surface area contributed by atoms with Crippen molar-refractivity contribution < 1.29 is 9.72 Å². The van der Waals surface area contributed by atoms with Gasteiger partial charge < -0.3 is 0 Å². The molecule has 0 fully saturated rings. The lowest BCUT2D eigenvalue weighted by atomic mass is 10.1. The molecule has 0 saturated carbocycles. The van der Waals surface area contributed by atoms with Crippen molar-refractivity contribution in [3.63, 3.8) is 0 Å². The summed E-state index contributed by atoms with van der Waals surface area (Å²) in [6, 6.07) is 15.2. The van der Waals surface area contributed by atoms with Crippen LogP contribution in [0.3, 0.4) is 0 Å². The van der Waals surface area contributed by atoms with Gasteiger partial charge in [0.05, 0.1) is 11.5 Å². The molecule has 0 spiro atoms. The van der Waals surface area contributed by atoms with Crippen LogP contribution < -0.4 is 4.72 Å². The predicted molar refractivity (Wildman–Crippen MR) is 77.7 cm³/mol. The average Bonchev–Trinajstić information content (AvgIpc) is 2.48. The Bertz CT molecular complexity index is 617. The number of hydrogen-bond donors (Lipinski definition) is 1. The number of non-ortho nitro benzene ring substituents is 1. The van der Waals surface area contributed by atoms with Gasteiger partial charge in [-0.15, -0.1) is 0 Å². The molecule has 0 saturated heterocycles. The Labute approximate surface area is 120 Å². The Balaban J connectivity index is 1.89. The number of benzene rings is 2. The van der Waals surface area contributed by atoms with Crippen molar-refractivity contribution in [1.29, 1.82) is 0 Å².